The fourth-order valence-electron chi connectivity index (χ4n) is 4.61. The van der Waals surface area contributed by atoms with Crippen LogP contribution in [-0.4, -0.2) is 19.2 Å². The largest absolute Gasteiger partial charge is 0.454 e. The lowest BCUT2D eigenvalue weighted by atomic mass is 9.80. The average Bonchev–Trinajstić information content (AvgIpc) is 3.34. The van der Waals surface area contributed by atoms with Gasteiger partial charge in [-0.1, -0.05) is 25.0 Å². The van der Waals surface area contributed by atoms with Gasteiger partial charge >= 0.3 is 0 Å². The van der Waals surface area contributed by atoms with Crippen molar-refractivity contribution in [2.24, 2.45) is 0 Å². The highest BCUT2D eigenvalue weighted by Crippen LogP contribution is 2.52. The number of amides is 1. The van der Waals surface area contributed by atoms with Crippen LogP contribution in [0.25, 0.3) is 0 Å². The van der Waals surface area contributed by atoms with Crippen LogP contribution in [0, 0.1) is 5.82 Å². The Hall–Kier alpha value is -2.56. The number of halogens is 1. The fourth-order valence-corrected chi connectivity index (χ4v) is 4.61. The maximum atomic E-state index is 14.7. The molecule has 5 rings (SSSR count). The Morgan fingerprint density at radius 2 is 1.88 bits per heavy atom. The van der Waals surface area contributed by atoms with Crippen LogP contribution in [0.5, 0.6) is 11.5 Å². The lowest BCUT2D eigenvalue weighted by molar-refractivity contribution is 0.0980. The van der Waals surface area contributed by atoms with E-state index in [1.807, 2.05) is 6.07 Å². The summed E-state index contributed by atoms with van der Waals surface area (Å²) >= 11 is 0. The van der Waals surface area contributed by atoms with Gasteiger partial charge in [0.15, 0.2) is 11.5 Å². The molecule has 4 nitrogen and oxygen atoms in total. The maximum absolute atomic E-state index is 14.7. The molecule has 2 aromatic rings. The third kappa shape index (κ3) is 2.01. The SMILES string of the molecule is O=C(c1cccc2c1OCO2)N1CC2(CCCC2)c2c(F)cccc21. The molecule has 0 aromatic heterocycles. The minimum absolute atomic E-state index is 0.120. The van der Waals surface area contributed by atoms with Crippen molar-refractivity contribution in [3.8, 4) is 11.5 Å². The van der Waals surface area contributed by atoms with Gasteiger partial charge in [-0.05, 0) is 37.1 Å². The standard InChI is InChI=1S/C20H18FNO3/c21-14-6-4-7-15-17(14)20(9-1-2-10-20)11-22(15)19(23)13-5-3-8-16-18(13)25-12-24-16/h3-8H,1-2,9-12H2. The highest BCUT2D eigenvalue weighted by Gasteiger charge is 2.48. The van der Waals surface area contributed by atoms with E-state index in [4.69, 9.17) is 9.47 Å². The molecule has 1 amide bonds. The number of anilines is 1. The molecule has 0 N–H and O–H groups in total. The summed E-state index contributed by atoms with van der Waals surface area (Å²) in [6.07, 6.45) is 4.01. The van der Waals surface area contributed by atoms with Crippen molar-refractivity contribution in [3.05, 3.63) is 53.3 Å². The molecule has 0 atom stereocenters. The number of benzene rings is 2. The molecular formula is C20H18FNO3. The lowest BCUT2D eigenvalue weighted by Gasteiger charge is -2.25. The Morgan fingerprint density at radius 3 is 2.72 bits per heavy atom. The Balaban J connectivity index is 1.61. The van der Waals surface area contributed by atoms with Gasteiger partial charge in [-0.2, -0.15) is 0 Å². The van der Waals surface area contributed by atoms with Crippen LogP contribution in [-0.2, 0) is 5.41 Å². The number of fused-ring (bicyclic) bond motifs is 3. The summed E-state index contributed by atoms with van der Waals surface area (Å²) in [5, 5.41) is 0. The van der Waals surface area contributed by atoms with Crippen molar-refractivity contribution in [2.75, 3.05) is 18.2 Å². The summed E-state index contributed by atoms with van der Waals surface area (Å²) in [6, 6.07) is 10.4. The minimum Gasteiger partial charge on any atom is -0.454 e. The van der Waals surface area contributed by atoms with Gasteiger partial charge < -0.3 is 14.4 Å². The number of ether oxygens (including phenoxy) is 2. The van der Waals surface area contributed by atoms with Crippen LogP contribution < -0.4 is 14.4 Å². The average molecular weight is 339 g/mol. The third-order valence-corrected chi connectivity index (χ3v) is 5.71. The maximum Gasteiger partial charge on any atom is 0.262 e. The zero-order valence-corrected chi connectivity index (χ0v) is 13.8. The van der Waals surface area contributed by atoms with E-state index in [2.05, 4.69) is 0 Å². The number of para-hydroxylation sites is 1. The van der Waals surface area contributed by atoms with Crippen LogP contribution >= 0.6 is 0 Å². The second-order valence-corrected chi connectivity index (χ2v) is 7.05. The first-order valence-corrected chi connectivity index (χ1v) is 8.69. The molecule has 0 bridgehead atoms. The van der Waals surface area contributed by atoms with Crippen LogP contribution in [0.1, 0.15) is 41.6 Å². The first-order chi connectivity index (χ1) is 12.2. The second kappa shape index (κ2) is 5.22. The number of nitrogens with zero attached hydrogens (tertiary/aromatic N) is 1. The van der Waals surface area contributed by atoms with Gasteiger partial charge in [-0.3, -0.25) is 4.79 Å². The van der Waals surface area contributed by atoms with E-state index in [0.29, 0.717) is 34.9 Å². The highest BCUT2D eigenvalue weighted by molar-refractivity contribution is 6.10. The summed E-state index contributed by atoms with van der Waals surface area (Å²) in [6.45, 7) is 0.654. The summed E-state index contributed by atoms with van der Waals surface area (Å²) in [5.74, 6) is 0.712. The Kier molecular flexibility index (Phi) is 3.08. The molecule has 1 spiro atoms. The van der Waals surface area contributed by atoms with Gasteiger partial charge in [-0.25, -0.2) is 4.39 Å². The number of carbonyl (C=O) groups is 1. The molecule has 2 heterocycles. The normalized spacial score (nSPS) is 19.5. The predicted octanol–water partition coefficient (Wildman–Crippen LogP) is 4.03. The van der Waals surface area contributed by atoms with E-state index >= 15 is 0 Å². The number of carbonyl (C=O) groups excluding carboxylic acids is 1. The van der Waals surface area contributed by atoms with Crippen LogP contribution in [0.4, 0.5) is 10.1 Å². The molecule has 1 saturated carbocycles. The van der Waals surface area contributed by atoms with Gasteiger partial charge in [0.2, 0.25) is 6.79 Å². The van der Waals surface area contributed by atoms with Crippen LogP contribution in [0.2, 0.25) is 0 Å². The summed E-state index contributed by atoms with van der Waals surface area (Å²) in [4.78, 5) is 15.0. The molecule has 128 valence electrons. The van der Waals surface area contributed by atoms with E-state index in [0.717, 1.165) is 25.7 Å². The first-order valence-electron chi connectivity index (χ1n) is 8.69. The van der Waals surface area contributed by atoms with Gasteiger partial charge in [-0.15, -0.1) is 0 Å². The minimum atomic E-state index is -0.244. The van der Waals surface area contributed by atoms with Crippen molar-refractivity contribution >= 4 is 11.6 Å². The molecule has 1 fully saturated rings. The molecule has 25 heavy (non-hydrogen) atoms. The second-order valence-electron chi connectivity index (χ2n) is 7.05. The topological polar surface area (TPSA) is 38.8 Å². The number of rotatable bonds is 1. The lowest BCUT2D eigenvalue weighted by Crippen LogP contribution is -2.35. The van der Waals surface area contributed by atoms with Gasteiger partial charge in [0.1, 0.15) is 5.82 Å². The van der Waals surface area contributed by atoms with E-state index in [9.17, 15) is 9.18 Å². The Morgan fingerprint density at radius 1 is 1.08 bits per heavy atom. The quantitative estimate of drug-likeness (QED) is 0.787. The zero-order chi connectivity index (χ0) is 17.0. The van der Waals surface area contributed by atoms with Crippen molar-refractivity contribution in [1.29, 1.82) is 0 Å². The van der Waals surface area contributed by atoms with E-state index < -0.39 is 0 Å². The Labute approximate surface area is 145 Å². The van der Waals surface area contributed by atoms with Gasteiger partial charge in [0.05, 0.1) is 11.3 Å². The molecule has 0 unspecified atom stereocenters. The Bertz CT molecular complexity index is 873. The first kappa shape index (κ1) is 14.8. The van der Waals surface area contributed by atoms with Gasteiger partial charge in [0.25, 0.3) is 5.91 Å². The van der Waals surface area contributed by atoms with Crippen molar-refractivity contribution < 1.29 is 18.7 Å². The number of hydrogen-bond donors (Lipinski definition) is 0. The monoisotopic (exact) mass is 339 g/mol. The number of hydrogen-bond acceptors (Lipinski definition) is 3. The van der Waals surface area contributed by atoms with E-state index in [1.165, 1.54) is 6.07 Å². The van der Waals surface area contributed by atoms with Crippen molar-refractivity contribution in [1.82, 2.24) is 0 Å². The summed E-state index contributed by atoms with van der Waals surface area (Å²) in [7, 11) is 0. The smallest absolute Gasteiger partial charge is 0.262 e. The van der Waals surface area contributed by atoms with Crippen LogP contribution in [0.3, 0.4) is 0 Å². The van der Waals surface area contributed by atoms with Crippen LogP contribution in [0.15, 0.2) is 36.4 Å². The van der Waals surface area contributed by atoms with Crippen molar-refractivity contribution in [3.63, 3.8) is 0 Å². The molecule has 2 aliphatic heterocycles. The van der Waals surface area contributed by atoms with Gasteiger partial charge in [0, 0.05) is 17.5 Å². The molecule has 5 heteroatoms. The zero-order valence-electron chi connectivity index (χ0n) is 13.8. The molecular weight excluding hydrogens is 321 g/mol. The molecule has 0 radical (unpaired) electrons. The van der Waals surface area contributed by atoms with E-state index in [1.54, 1.807) is 29.2 Å². The summed E-state index contributed by atoms with van der Waals surface area (Å²) in [5.41, 5.74) is 1.64. The molecule has 0 saturated heterocycles. The van der Waals surface area contributed by atoms with E-state index in [-0.39, 0.29) is 23.9 Å². The fraction of sp³-hybridized carbons (Fsp3) is 0.350. The molecule has 2 aromatic carbocycles. The highest BCUT2D eigenvalue weighted by atomic mass is 19.1. The molecule has 1 aliphatic carbocycles. The van der Waals surface area contributed by atoms with Crippen molar-refractivity contribution in [2.45, 2.75) is 31.1 Å². The third-order valence-electron chi connectivity index (χ3n) is 5.71. The predicted molar refractivity (Wildman–Crippen MR) is 90.8 cm³/mol. The molecule has 3 aliphatic rings. The summed E-state index contributed by atoms with van der Waals surface area (Å²) < 4.78 is 25.5.